The van der Waals surface area contributed by atoms with Gasteiger partial charge in [-0.25, -0.2) is 9.37 Å². The summed E-state index contributed by atoms with van der Waals surface area (Å²) < 4.78 is 24.9. The van der Waals surface area contributed by atoms with Crippen LogP contribution in [0.5, 0.6) is 11.6 Å². The molecule has 6 heteroatoms. The molecule has 4 aromatic rings. The first-order valence-electron chi connectivity index (χ1n) is 10.0. The van der Waals surface area contributed by atoms with E-state index in [0.717, 1.165) is 15.6 Å². The molecule has 31 heavy (non-hydrogen) atoms. The molecule has 0 saturated heterocycles. The third-order valence-corrected chi connectivity index (χ3v) is 6.00. The van der Waals surface area contributed by atoms with Gasteiger partial charge in [0.05, 0.1) is 11.6 Å². The molecule has 158 valence electrons. The number of halogens is 1. The van der Waals surface area contributed by atoms with Crippen LogP contribution in [0.1, 0.15) is 30.3 Å². The lowest BCUT2D eigenvalue weighted by Crippen LogP contribution is -2.20. The van der Waals surface area contributed by atoms with E-state index in [0.29, 0.717) is 17.3 Å². The standard InChI is InChI=1S/C25H22FNO3S/c1-16(2)23(24-21-12-11-18(26)13-17(21)15-31-24)25(28)29-14-19-7-6-10-22(27-19)30-20-8-4-3-5-9-20/h3-13,15-16,23H,14H2,1-2H3. The van der Waals surface area contributed by atoms with Gasteiger partial charge in [-0.05, 0) is 52.4 Å². The van der Waals surface area contributed by atoms with Gasteiger partial charge in [0.25, 0.3) is 0 Å². The summed E-state index contributed by atoms with van der Waals surface area (Å²) in [5.74, 6) is 0.108. The van der Waals surface area contributed by atoms with Crippen molar-refractivity contribution >= 4 is 28.1 Å². The van der Waals surface area contributed by atoms with E-state index in [1.54, 1.807) is 18.2 Å². The normalized spacial score (nSPS) is 12.1. The molecule has 0 aliphatic heterocycles. The third-order valence-electron chi connectivity index (χ3n) is 4.90. The van der Waals surface area contributed by atoms with Crippen LogP contribution in [0.25, 0.3) is 10.8 Å². The Hall–Kier alpha value is -3.25. The maximum Gasteiger partial charge on any atom is 0.314 e. The number of nitrogens with zero attached hydrogens (tertiary/aromatic N) is 1. The lowest BCUT2D eigenvalue weighted by molar-refractivity contribution is -0.148. The minimum Gasteiger partial charge on any atom is -0.459 e. The van der Waals surface area contributed by atoms with Gasteiger partial charge < -0.3 is 9.47 Å². The number of rotatable bonds is 7. The molecule has 0 bridgehead atoms. The Labute approximate surface area is 184 Å². The zero-order chi connectivity index (χ0) is 21.8. The Morgan fingerprint density at radius 3 is 2.65 bits per heavy atom. The van der Waals surface area contributed by atoms with Crippen molar-refractivity contribution in [2.45, 2.75) is 26.4 Å². The second kappa shape index (κ2) is 9.27. The smallest absolute Gasteiger partial charge is 0.314 e. The first kappa shape index (κ1) is 21.0. The van der Waals surface area contributed by atoms with E-state index in [1.165, 1.54) is 23.5 Å². The Bertz CT molecular complexity index is 1190. The molecule has 0 N–H and O–H groups in total. The van der Waals surface area contributed by atoms with Gasteiger partial charge >= 0.3 is 5.97 Å². The zero-order valence-corrected chi connectivity index (χ0v) is 18.1. The first-order valence-corrected chi connectivity index (χ1v) is 10.9. The molecule has 0 aliphatic rings. The predicted octanol–water partition coefficient (Wildman–Crippen LogP) is 6.71. The number of carbonyl (C=O) groups excluding carboxylic acids is 1. The summed E-state index contributed by atoms with van der Waals surface area (Å²) >= 11 is 1.46. The van der Waals surface area contributed by atoms with Crippen LogP contribution in [-0.4, -0.2) is 11.0 Å². The van der Waals surface area contributed by atoms with Crippen molar-refractivity contribution in [1.29, 1.82) is 0 Å². The summed E-state index contributed by atoms with van der Waals surface area (Å²) in [4.78, 5) is 18.3. The van der Waals surface area contributed by atoms with Crippen LogP contribution in [0.4, 0.5) is 4.39 Å². The molecule has 0 saturated carbocycles. The van der Waals surface area contributed by atoms with Gasteiger partial charge in [0.1, 0.15) is 18.2 Å². The molecule has 0 aliphatic carbocycles. The van der Waals surface area contributed by atoms with Crippen LogP contribution < -0.4 is 4.74 Å². The average molecular weight is 436 g/mol. The number of para-hydroxylation sites is 1. The molecule has 2 heterocycles. The maximum absolute atomic E-state index is 13.5. The number of hydrogen-bond acceptors (Lipinski definition) is 5. The quantitative estimate of drug-likeness (QED) is 0.303. The summed E-state index contributed by atoms with van der Waals surface area (Å²) in [5.41, 5.74) is 0.599. The Balaban J connectivity index is 1.48. The van der Waals surface area contributed by atoms with Gasteiger partial charge in [-0.2, -0.15) is 0 Å². The average Bonchev–Trinajstić information content (AvgIpc) is 3.15. The molecule has 1 atom stereocenters. The van der Waals surface area contributed by atoms with E-state index in [9.17, 15) is 9.18 Å². The van der Waals surface area contributed by atoms with Gasteiger partial charge in [0.2, 0.25) is 5.88 Å². The van der Waals surface area contributed by atoms with Gasteiger partial charge in [-0.15, -0.1) is 11.3 Å². The molecule has 2 aromatic carbocycles. The number of fused-ring (bicyclic) bond motifs is 1. The Kier molecular flexibility index (Phi) is 6.28. The van der Waals surface area contributed by atoms with Crippen LogP contribution in [0.15, 0.2) is 72.1 Å². The number of aromatic nitrogens is 1. The summed E-state index contributed by atoms with van der Waals surface area (Å²) in [5, 5.41) is 3.56. The van der Waals surface area contributed by atoms with Crippen molar-refractivity contribution in [3.8, 4) is 11.6 Å². The Morgan fingerprint density at radius 1 is 1.06 bits per heavy atom. The fourth-order valence-corrected chi connectivity index (χ4v) is 4.68. The van der Waals surface area contributed by atoms with E-state index in [1.807, 2.05) is 55.6 Å². The van der Waals surface area contributed by atoms with E-state index in [-0.39, 0.29) is 24.3 Å². The molecule has 0 spiro atoms. The van der Waals surface area contributed by atoms with Crippen molar-refractivity contribution in [2.75, 3.05) is 0 Å². The van der Waals surface area contributed by atoms with E-state index in [2.05, 4.69) is 4.98 Å². The van der Waals surface area contributed by atoms with Crippen molar-refractivity contribution < 1.29 is 18.7 Å². The molecular formula is C25H22FNO3S. The minimum atomic E-state index is -0.434. The molecule has 0 amide bonds. The van der Waals surface area contributed by atoms with Gasteiger partial charge in [0, 0.05) is 10.9 Å². The number of ether oxygens (including phenoxy) is 2. The van der Waals surface area contributed by atoms with Crippen LogP contribution in [0.2, 0.25) is 0 Å². The molecule has 1 unspecified atom stereocenters. The topological polar surface area (TPSA) is 48.4 Å². The fraction of sp³-hybridized carbons (Fsp3) is 0.200. The highest BCUT2D eigenvalue weighted by Crippen LogP contribution is 2.37. The summed E-state index contributed by atoms with van der Waals surface area (Å²) in [6.45, 7) is 4.01. The van der Waals surface area contributed by atoms with E-state index in [4.69, 9.17) is 9.47 Å². The largest absolute Gasteiger partial charge is 0.459 e. The van der Waals surface area contributed by atoms with Crippen molar-refractivity contribution in [1.82, 2.24) is 4.98 Å². The molecule has 0 fully saturated rings. The number of carbonyl (C=O) groups is 1. The second-order valence-corrected chi connectivity index (χ2v) is 8.45. The SMILES string of the molecule is CC(C)C(C(=O)OCc1cccc(Oc2ccccc2)n1)c1scc2cc(F)ccc12. The molecule has 4 rings (SSSR count). The molecule has 0 radical (unpaired) electrons. The van der Waals surface area contributed by atoms with Crippen molar-refractivity contribution in [3.05, 3.63) is 88.5 Å². The lowest BCUT2D eigenvalue weighted by Gasteiger charge is -2.19. The molecular weight excluding hydrogens is 413 g/mol. The molecule has 2 aromatic heterocycles. The summed E-state index contributed by atoms with van der Waals surface area (Å²) in [6, 6.07) is 19.4. The zero-order valence-electron chi connectivity index (χ0n) is 17.2. The van der Waals surface area contributed by atoms with E-state index >= 15 is 0 Å². The Morgan fingerprint density at radius 2 is 1.87 bits per heavy atom. The van der Waals surface area contributed by atoms with Gasteiger partial charge in [0.15, 0.2) is 0 Å². The summed E-state index contributed by atoms with van der Waals surface area (Å²) in [7, 11) is 0. The maximum atomic E-state index is 13.5. The number of pyridine rings is 1. The monoisotopic (exact) mass is 435 g/mol. The second-order valence-electron chi connectivity index (χ2n) is 7.54. The third kappa shape index (κ3) is 4.91. The minimum absolute atomic E-state index is 0.0279. The highest BCUT2D eigenvalue weighted by atomic mass is 32.1. The van der Waals surface area contributed by atoms with Crippen LogP contribution in [-0.2, 0) is 16.1 Å². The van der Waals surface area contributed by atoms with Crippen LogP contribution >= 0.6 is 11.3 Å². The number of esters is 1. The number of hydrogen-bond donors (Lipinski definition) is 0. The number of thiophene rings is 1. The van der Waals surface area contributed by atoms with Gasteiger partial charge in [-0.3, -0.25) is 4.79 Å². The lowest BCUT2D eigenvalue weighted by atomic mass is 9.92. The van der Waals surface area contributed by atoms with Crippen LogP contribution in [0.3, 0.4) is 0 Å². The van der Waals surface area contributed by atoms with Crippen molar-refractivity contribution in [3.63, 3.8) is 0 Å². The van der Waals surface area contributed by atoms with E-state index < -0.39 is 5.92 Å². The van der Waals surface area contributed by atoms with Crippen LogP contribution in [0, 0.1) is 11.7 Å². The van der Waals surface area contributed by atoms with Gasteiger partial charge in [-0.1, -0.05) is 44.2 Å². The first-order chi connectivity index (χ1) is 15.0. The highest BCUT2D eigenvalue weighted by molar-refractivity contribution is 7.11. The summed E-state index contributed by atoms with van der Waals surface area (Å²) in [6.07, 6.45) is 0. The van der Waals surface area contributed by atoms with Crippen molar-refractivity contribution in [2.24, 2.45) is 5.92 Å². The molecule has 4 nitrogen and oxygen atoms in total. The fourth-order valence-electron chi connectivity index (χ4n) is 3.41. The highest BCUT2D eigenvalue weighted by Gasteiger charge is 2.29. The predicted molar refractivity (Wildman–Crippen MR) is 120 cm³/mol. The number of benzene rings is 2.